The summed E-state index contributed by atoms with van der Waals surface area (Å²) in [4.78, 5) is 23.5. The topological polar surface area (TPSA) is 91.0 Å². The van der Waals surface area contributed by atoms with E-state index in [1.807, 2.05) is 0 Å². The molecule has 0 atom stereocenters. The molecule has 3 aromatic rings. The molecule has 0 spiro atoms. The Kier molecular flexibility index (Phi) is 5.24. The summed E-state index contributed by atoms with van der Waals surface area (Å²) >= 11 is 11.9. The molecular formula is C16H13Cl2N5O3. The largest absolute Gasteiger partial charge is 0.468 e. The molecule has 1 N–H and O–H groups in total. The minimum atomic E-state index is -0.439. The van der Waals surface area contributed by atoms with Gasteiger partial charge in [0.05, 0.1) is 22.8 Å². The van der Waals surface area contributed by atoms with Crippen molar-refractivity contribution < 1.29 is 14.3 Å². The van der Waals surface area contributed by atoms with Crippen LogP contribution >= 0.6 is 23.2 Å². The van der Waals surface area contributed by atoms with Gasteiger partial charge >= 0.3 is 5.97 Å². The number of hydrogen-bond acceptors (Lipinski definition) is 5. The highest BCUT2D eigenvalue weighted by molar-refractivity contribution is 6.42. The van der Waals surface area contributed by atoms with Crippen molar-refractivity contribution in [2.75, 3.05) is 12.4 Å². The number of methoxy groups -OCH3 is 1. The quantitative estimate of drug-likeness (QED) is 0.672. The number of benzene rings is 1. The standard InChI is InChI=1S/C16H13Cl2N5O3/c1-26-15(24)9-22-6-5-14(21-22)19-16(25)13-4-7-23(20-13)10-2-3-11(17)12(18)8-10/h2-8H,9H2,1H3,(H,19,21,25). The molecule has 0 saturated heterocycles. The lowest BCUT2D eigenvalue weighted by atomic mass is 10.3. The maximum atomic E-state index is 12.3. The van der Waals surface area contributed by atoms with Gasteiger partial charge in [-0.3, -0.25) is 14.3 Å². The van der Waals surface area contributed by atoms with Crippen LogP contribution in [0.1, 0.15) is 10.5 Å². The number of esters is 1. The third-order valence-electron chi connectivity index (χ3n) is 3.39. The Labute approximate surface area is 158 Å². The molecule has 26 heavy (non-hydrogen) atoms. The van der Waals surface area contributed by atoms with E-state index >= 15 is 0 Å². The van der Waals surface area contributed by atoms with Crippen LogP contribution in [0.3, 0.4) is 0 Å². The first-order valence-corrected chi connectivity index (χ1v) is 8.14. The number of nitrogens with zero attached hydrogens (tertiary/aromatic N) is 4. The molecule has 134 valence electrons. The number of halogens is 2. The molecule has 0 aliphatic carbocycles. The number of carbonyl (C=O) groups is 2. The summed E-state index contributed by atoms with van der Waals surface area (Å²) < 4.78 is 7.42. The van der Waals surface area contributed by atoms with Crippen LogP contribution in [-0.2, 0) is 16.1 Å². The van der Waals surface area contributed by atoms with Gasteiger partial charge in [-0.05, 0) is 24.3 Å². The van der Waals surface area contributed by atoms with E-state index in [1.54, 1.807) is 42.7 Å². The van der Waals surface area contributed by atoms with Gasteiger partial charge in [-0.25, -0.2) is 4.68 Å². The molecule has 10 heteroatoms. The molecule has 0 radical (unpaired) electrons. The van der Waals surface area contributed by atoms with Crippen LogP contribution in [0.4, 0.5) is 5.82 Å². The Morgan fingerprint density at radius 2 is 1.92 bits per heavy atom. The molecule has 0 fully saturated rings. The lowest BCUT2D eigenvalue weighted by molar-refractivity contribution is -0.141. The van der Waals surface area contributed by atoms with Gasteiger partial charge in [0.25, 0.3) is 5.91 Å². The lowest BCUT2D eigenvalue weighted by Gasteiger charge is -2.03. The minimum Gasteiger partial charge on any atom is -0.468 e. The average molecular weight is 394 g/mol. The van der Waals surface area contributed by atoms with E-state index in [-0.39, 0.29) is 12.2 Å². The van der Waals surface area contributed by atoms with Crippen LogP contribution < -0.4 is 5.32 Å². The highest BCUT2D eigenvalue weighted by Gasteiger charge is 2.13. The van der Waals surface area contributed by atoms with E-state index in [1.165, 1.54) is 16.5 Å². The third kappa shape index (κ3) is 4.04. The first-order chi connectivity index (χ1) is 12.5. The predicted molar refractivity (Wildman–Crippen MR) is 95.8 cm³/mol. The summed E-state index contributed by atoms with van der Waals surface area (Å²) in [5.74, 6) is -0.582. The Bertz CT molecular complexity index is 966. The van der Waals surface area contributed by atoms with E-state index in [0.29, 0.717) is 21.6 Å². The summed E-state index contributed by atoms with van der Waals surface area (Å²) in [5.41, 5.74) is 0.861. The van der Waals surface area contributed by atoms with Gasteiger partial charge in [0.2, 0.25) is 0 Å². The zero-order valence-corrected chi connectivity index (χ0v) is 15.0. The smallest absolute Gasteiger partial charge is 0.327 e. The summed E-state index contributed by atoms with van der Waals surface area (Å²) in [6.07, 6.45) is 3.19. The molecule has 2 heterocycles. The highest BCUT2D eigenvalue weighted by Crippen LogP contribution is 2.24. The van der Waals surface area contributed by atoms with E-state index in [4.69, 9.17) is 23.2 Å². The second-order valence-electron chi connectivity index (χ2n) is 5.17. The number of hydrogen-bond donors (Lipinski definition) is 1. The Hall–Kier alpha value is -2.84. The van der Waals surface area contributed by atoms with Crippen LogP contribution in [0.5, 0.6) is 0 Å². The van der Waals surface area contributed by atoms with Gasteiger partial charge in [0.1, 0.15) is 6.54 Å². The molecule has 0 aliphatic rings. The molecule has 0 unspecified atom stereocenters. The van der Waals surface area contributed by atoms with E-state index in [0.717, 1.165) is 0 Å². The van der Waals surface area contributed by atoms with E-state index in [2.05, 4.69) is 20.3 Å². The van der Waals surface area contributed by atoms with Gasteiger partial charge < -0.3 is 10.1 Å². The van der Waals surface area contributed by atoms with Crippen LogP contribution in [0.15, 0.2) is 42.7 Å². The van der Waals surface area contributed by atoms with E-state index in [9.17, 15) is 9.59 Å². The molecule has 2 aromatic heterocycles. The summed E-state index contributed by atoms with van der Waals surface area (Å²) in [6, 6.07) is 8.15. The number of amides is 1. The maximum Gasteiger partial charge on any atom is 0.327 e. The van der Waals surface area contributed by atoms with Crippen molar-refractivity contribution in [1.29, 1.82) is 0 Å². The SMILES string of the molecule is COC(=O)Cn1ccc(NC(=O)c2ccn(-c3ccc(Cl)c(Cl)c3)n2)n1. The van der Waals surface area contributed by atoms with Crippen molar-refractivity contribution in [3.8, 4) is 5.69 Å². The van der Waals surface area contributed by atoms with Crippen LogP contribution in [0, 0.1) is 0 Å². The highest BCUT2D eigenvalue weighted by atomic mass is 35.5. The van der Waals surface area contributed by atoms with Gasteiger partial charge in [-0.1, -0.05) is 23.2 Å². The van der Waals surface area contributed by atoms with Crippen LogP contribution in [-0.4, -0.2) is 38.5 Å². The number of carbonyl (C=O) groups excluding carboxylic acids is 2. The van der Waals surface area contributed by atoms with Gasteiger partial charge in [-0.2, -0.15) is 10.2 Å². The normalized spacial score (nSPS) is 10.6. The van der Waals surface area contributed by atoms with Crippen molar-refractivity contribution in [1.82, 2.24) is 19.6 Å². The molecule has 0 saturated carbocycles. The number of nitrogens with one attached hydrogen (secondary N) is 1. The fourth-order valence-electron chi connectivity index (χ4n) is 2.11. The molecule has 8 nitrogen and oxygen atoms in total. The second-order valence-corrected chi connectivity index (χ2v) is 5.99. The second kappa shape index (κ2) is 7.59. The summed E-state index contributed by atoms with van der Waals surface area (Å²) in [7, 11) is 1.29. The first-order valence-electron chi connectivity index (χ1n) is 7.39. The monoisotopic (exact) mass is 393 g/mol. The third-order valence-corrected chi connectivity index (χ3v) is 4.13. The zero-order chi connectivity index (χ0) is 18.7. The fraction of sp³-hybridized carbons (Fsp3) is 0.125. The summed E-state index contributed by atoms with van der Waals surface area (Å²) in [5, 5.41) is 11.7. The van der Waals surface area contributed by atoms with Crippen molar-refractivity contribution >= 4 is 40.9 Å². The van der Waals surface area contributed by atoms with E-state index < -0.39 is 11.9 Å². The van der Waals surface area contributed by atoms with Gasteiger partial charge in [-0.15, -0.1) is 0 Å². The number of anilines is 1. The van der Waals surface area contributed by atoms with Crippen molar-refractivity contribution in [2.24, 2.45) is 0 Å². The van der Waals surface area contributed by atoms with Crippen molar-refractivity contribution in [3.63, 3.8) is 0 Å². The minimum absolute atomic E-state index is 0.0433. The van der Waals surface area contributed by atoms with Crippen molar-refractivity contribution in [2.45, 2.75) is 6.54 Å². The first kappa shape index (κ1) is 18.0. The van der Waals surface area contributed by atoms with Crippen LogP contribution in [0.2, 0.25) is 10.0 Å². The van der Waals surface area contributed by atoms with Gasteiger partial charge in [0.15, 0.2) is 11.5 Å². The average Bonchev–Trinajstić information content (AvgIpc) is 3.27. The fourth-order valence-corrected chi connectivity index (χ4v) is 2.40. The number of aromatic nitrogens is 4. The number of rotatable bonds is 5. The van der Waals surface area contributed by atoms with Crippen molar-refractivity contribution in [3.05, 3.63) is 58.5 Å². The lowest BCUT2D eigenvalue weighted by Crippen LogP contribution is -2.15. The van der Waals surface area contributed by atoms with Gasteiger partial charge in [0, 0.05) is 18.5 Å². The molecule has 1 aromatic carbocycles. The number of ether oxygens (including phenoxy) is 1. The molecule has 0 bridgehead atoms. The Morgan fingerprint density at radius 3 is 2.65 bits per heavy atom. The molecule has 0 aliphatic heterocycles. The Morgan fingerprint density at radius 1 is 1.12 bits per heavy atom. The predicted octanol–water partition coefficient (Wildman–Crippen LogP) is 2.80. The Balaban J connectivity index is 1.70. The van der Waals surface area contributed by atoms with Crippen LogP contribution in [0.25, 0.3) is 5.69 Å². The maximum absolute atomic E-state index is 12.3. The summed E-state index contributed by atoms with van der Waals surface area (Å²) in [6.45, 7) is -0.0433. The molecular weight excluding hydrogens is 381 g/mol. The molecule has 3 rings (SSSR count). The zero-order valence-electron chi connectivity index (χ0n) is 13.5. The molecule has 1 amide bonds.